The molecule has 1 aliphatic carbocycles. The third kappa shape index (κ3) is 5.37. The Labute approximate surface area is 186 Å². The van der Waals surface area contributed by atoms with Gasteiger partial charge in [0.05, 0.1) is 24.8 Å². The number of fused-ring (bicyclic) bond motifs is 1. The fourth-order valence-corrected chi connectivity index (χ4v) is 4.89. The lowest BCUT2D eigenvalue weighted by molar-refractivity contribution is 0.0499. The number of thiocarbonyl (C=S) groups is 1. The normalized spacial score (nSPS) is 12.6. The van der Waals surface area contributed by atoms with E-state index in [0.717, 1.165) is 49.8 Å². The number of hydrogen-bond donors (Lipinski definition) is 2. The molecule has 0 amide bonds. The van der Waals surface area contributed by atoms with E-state index in [0.29, 0.717) is 27.8 Å². The number of thiophene rings is 1. The predicted molar refractivity (Wildman–Crippen MR) is 124 cm³/mol. The first kappa shape index (κ1) is 22.2. The van der Waals surface area contributed by atoms with E-state index in [9.17, 15) is 9.59 Å². The lowest BCUT2D eigenvalue weighted by atomic mass is 9.95. The summed E-state index contributed by atoms with van der Waals surface area (Å²) in [6.45, 7) is 2.47. The highest BCUT2D eigenvalue weighted by Gasteiger charge is 2.26. The summed E-state index contributed by atoms with van der Waals surface area (Å²) in [5.74, 6) is -0.673. The zero-order valence-corrected chi connectivity index (χ0v) is 18.8. The Morgan fingerprint density at radius 3 is 2.53 bits per heavy atom. The number of nitrogens with one attached hydrogen (secondary N) is 2. The van der Waals surface area contributed by atoms with Crippen LogP contribution in [0.15, 0.2) is 24.3 Å². The van der Waals surface area contributed by atoms with Crippen LogP contribution in [-0.2, 0) is 22.3 Å². The molecule has 0 fully saturated rings. The molecule has 0 spiro atoms. The number of methoxy groups -OCH3 is 1. The molecule has 1 aromatic carbocycles. The predicted octanol–water partition coefficient (Wildman–Crippen LogP) is 5.18. The van der Waals surface area contributed by atoms with Crippen LogP contribution in [-0.4, -0.2) is 30.8 Å². The topological polar surface area (TPSA) is 76.7 Å². The number of benzene rings is 1. The van der Waals surface area contributed by atoms with E-state index in [-0.39, 0.29) is 11.9 Å². The Bertz CT molecular complexity index is 922. The van der Waals surface area contributed by atoms with Gasteiger partial charge >= 0.3 is 11.9 Å². The minimum Gasteiger partial charge on any atom is -0.465 e. The minimum atomic E-state index is -0.342. The minimum absolute atomic E-state index is 0.331. The third-order valence-corrected chi connectivity index (χ3v) is 6.31. The van der Waals surface area contributed by atoms with Gasteiger partial charge in [-0.2, -0.15) is 0 Å². The number of carbonyl (C=O) groups is 2. The Morgan fingerprint density at radius 1 is 1.10 bits per heavy atom. The van der Waals surface area contributed by atoms with E-state index in [2.05, 4.69) is 10.6 Å². The van der Waals surface area contributed by atoms with Gasteiger partial charge in [-0.15, -0.1) is 11.3 Å². The number of unbranched alkanes of at least 4 members (excludes halogenated alkanes) is 1. The van der Waals surface area contributed by atoms with E-state index in [1.807, 2.05) is 6.92 Å². The van der Waals surface area contributed by atoms with Gasteiger partial charge in [-0.05, 0) is 74.2 Å². The lowest BCUT2D eigenvalue weighted by Crippen LogP contribution is -2.20. The van der Waals surface area contributed by atoms with Crippen LogP contribution in [0.25, 0.3) is 0 Å². The Kier molecular flexibility index (Phi) is 7.81. The second-order valence-electron chi connectivity index (χ2n) is 7.05. The van der Waals surface area contributed by atoms with Crippen LogP contribution >= 0.6 is 23.6 Å². The van der Waals surface area contributed by atoms with Crippen molar-refractivity contribution in [2.45, 2.75) is 45.4 Å². The van der Waals surface area contributed by atoms with E-state index in [1.165, 1.54) is 12.0 Å². The Morgan fingerprint density at radius 2 is 1.83 bits per heavy atom. The summed E-state index contributed by atoms with van der Waals surface area (Å²) in [4.78, 5) is 25.6. The monoisotopic (exact) mass is 446 g/mol. The smallest absolute Gasteiger partial charge is 0.341 e. The maximum Gasteiger partial charge on any atom is 0.341 e. The first-order chi connectivity index (χ1) is 14.5. The van der Waals surface area contributed by atoms with Crippen molar-refractivity contribution in [3.05, 3.63) is 45.8 Å². The summed E-state index contributed by atoms with van der Waals surface area (Å²) in [6.07, 6.45) is 5.89. The van der Waals surface area contributed by atoms with Gasteiger partial charge in [-0.3, -0.25) is 0 Å². The highest BCUT2D eigenvalue weighted by Crippen LogP contribution is 2.38. The summed E-state index contributed by atoms with van der Waals surface area (Å²) in [5.41, 5.74) is 2.90. The van der Waals surface area contributed by atoms with E-state index in [4.69, 9.17) is 21.7 Å². The van der Waals surface area contributed by atoms with Crippen molar-refractivity contribution >= 4 is 51.3 Å². The molecule has 0 unspecified atom stereocenters. The molecule has 1 heterocycles. The molecular formula is C22H26N2O4S2. The number of hydrogen-bond acceptors (Lipinski definition) is 6. The lowest BCUT2D eigenvalue weighted by Gasteiger charge is -2.13. The molecule has 0 atom stereocenters. The van der Waals surface area contributed by atoms with Gasteiger partial charge in [-0.25, -0.2) is 9.59 Å². The fraction of sp³-hybridized carbons (Fsp3) is 0.409. The number of ether oxygens (including phenoxy) is 2. The summed E-state index contributed by atoms with van der Waals surface area (Å²) < 4.78 is 10.2. The maximum atomic E-state index is 12.3. The molecule has 1 aliphatic rings. The van der Waals surface area contributed by atoms with Crippen molar-refractivity contribution in [3.63, 3.8) is 0 Å². The van der Waals surface area contributed by atoms with Crippen LogP contribution in [0.5, 0.6) is 0 Å². The number of aryl methyl sites for hydroxylation is 1. The number of anilines is 2. The van der Waals surface area contributed by atoms with E-state index < -0.39 is 0 Å². The highest BCUT2D eigenvalue weighted by atomic mass is 32.1. The van der Waals surface area contributed by atoms with E-state index >= 15 is 0 Å². The first-order valence-corrected chi connectivity index (χ1v) is 11.3. The molecule has 0 aliphatic heterocycles. The molecule has 0 saturated heterocycles. The Balaban J connectivity index is 1.65. The molecule has 160 valence electrons. The average Bonchev–Trinajstić information content (AvgIpc) is 3.11. The quantitative estimate of drug-likeness (QED) is 0.345. The number of rotatable bonds is 7. The van der Waals surface area contributed by atoms with Crippen molar-refractivity contribution in [1.82, 2.24) is 0 Å². The molecule has 0 bridgehead atoms. The Hall–Kier alpha value is -2.45. The van der Waals surface area contributed by atoms with Gasteiger partial charge in [0.25, 0.3) is 0 Å². The van der Waals surface area contributed by atoms with Gasteiger partial charge < -0.3 is 20.1 Å². The SMILES string of the molecule is CCCCOC(=O)c1ccc(NC(=S)Nc2sc3c(c2C(=O)OC)CCCC3)cc1. The van der Waals surface area contributed by atoms with Gasteiger partial charge in [-0.1, -0.05) is 13.3 Å². The molecule has 3 rings (SSSR count). The zero-order chi connectivity index (χ0) is 21.5. The van der Waals surface area contributed by atoms with E-state index in [1.54, 1.807) is 35.6 Å². The first-order valence-electron chi connectivity index (χ1n) is 10.1. The van der Waals surface area contributed by atoms with Crippen molar-refractivity contribution in [1.29, 1.82) is 0 Å². The number of carbonyl (C=O) groups excluding carboxylic acids is 2. The molecule has 30 heavy (non-hydrogen) atoms. The van der Waals surface area contributed by atoms with Gasteiger partial charge in [0, 0.05) is 10.6 Å². The number of esters is 2. The fourth-order valence-electron chi connectivity index (χ4n) is 3.32. The molecular weight excluding hydrogens is 420 g/mol. The van der Waals surface area contributed by atoms with Crippen LogP contribution in [0.1, 0.15) is 63.8 Å². The van der Waals surface area contributed by atoms with Gasteiger partial charge in [0.2, 0.25) is 0 Å². The zero-order valence-electron chi connectivity index (χ0n) is 17.2. The van der Waals surface area contributed by atoms with Crippen molar-refractivity contribution in [3.8, 4) is 0 Å². The van der Waals surface area contributed by atoms with Gasteiger partial charge in [0.1, 0.15) is 5.00 Å². The summed E-state index contributed by atoms with van der Waals surface area (Å²) >= 11 is 7.00. The van der Waals surface area contributed by atoms with Crippen LogP contribution < -0.4 is 10.6 Å². The van der Waals surface area contributed by atoms with Crippen molar-refractivity contribution in [2.24, 2.45) is 0 Å². The largest absolute Gasteiger partial charge is 0.465 e. The third-order valence-electron chi connectivity index (χ3n) is 4.90. The van der Waals surface area contributed by atoms with Crippen LogP contribution in [0.3, 0.4) is 0 Å². The molecule has 0 radical (unpaired) electrons. The van der Waals surface area contributed by atoms with Crippen molar-refractivity contribution < 1.29 is 19.1 Å². The van der Waals surface area contributed by atoms with Crippen LogP contribution in [0, 0.1) is 0 Å². The molecule has 2 N–H and O–H groups in total. The highest BCUT2D eigenvalue weighted by molar-refractivity contribution is 7.80. The van der Waals surface area contributed by atoms with Crippen LogP contribution in [0.2, 0.25) is 0 Å². The summed E-state index contributed by atoms with van der Waals surface area (Å²) in [6, 6.07) is 6.93. The van der Waals surface area contributed by atoms with Crippen LogP contribution in [0.4, 0.5) is 10.7 Å². The second-order valence-corrected chi connectivity index (χ2v) is 8.57. The molecule has 6 nitrogen and oxygen atoms in total. The average molecular weight is 447 g/mol. The summed E-state index contributed by atoms with van der Waals surface area (Å²) in [7, 11) is 1.39. The van der Waals surface area contributed by atoms with Crippen molar-refractivity contribution in [2.75, 3.05) is 24.4 Å². The molecule has 2 aromatic rings. The second kappa shape index (κ2) is 10.5. The molecule has 8 heteroatoms. The molecule has 1 aromatic heterocycles. The maximum absolute atomic E-state index is 12.3. The van der Waals surface area contributed by atoms with Gasteiger partial charge in [0.15, 0.2) is 5.11 Å². The summed E-state index contributed by atoms with van der Waals surface area (Å²) in [5, 5.41) is 7.33. The molecule has 0 saturated carbocycles. The standard InChI is InChI=1S/C22H26N2O4S2/c1-3-4-13-28-20(25)14-9-11-15(12-10-14)23-22(29)24-19-18(21(26)27-2)16-7-5-6-8-17(16)30-19/h9-12H,3-8,13H2,1-2H3,(H2,23,24,29).